The fourth-order valence-corrected chi connectivity index (χ4v) is 3.60. The SMILES string of the molecule is Cc1cc(C)c(C)c(S(=O)(=O)Nc2ncn[nH]2)c1C. The summed E-state index contributed by atoms with van der Waals surface area (Å²) in [6, 6.07) is 1.98. The lowest BCUT2D eigenvalue weighted by molar-refractivity contribution is 0.599. The van der Waals surface area contributed by atoms with Gasteiger partial charge in [0.05, 0.1) is 4.90 Å². The van der Waals surface area contributed by atoms with Crippen LogP contribution >= 0.6 is 0 Å². The highest BCUT2D eigenvalue weighted by Gasteiger charge is 2.22. The zero-order valence-corrected chi connectivity index (χ0v) is 12.1. The van der Waals surface area contributed by atoms with Crippen molar-refractivity contribution in [3.05, 3.63) is 34.6 Å². The number of hydrogen-bond acceptors (Lipinski definition) is 4. The molecule has 0 amide bonds. The van der Waals surface area contributed by atoms with Crippen LogP contribution in [-0.4, -0.2) is 23.6 Å². The number of aromatic nitrogens is 3. The Morgan fingerprint density at radius 3 is 2.16 bits per heavy atom. The van der Waals surface area contributed by atoms with Crippen molar-refractivity contribution in [2.45, 2.75) is 32.6 Å². The maximum absolute atomic E-state index is 12.4. The van der Waals surface area contributed by atoms with Crippen molar-refractivity contribution in [2.75, 3.05) is 4.72 Å². The third-order valence-electron chi connectivity index (χ3n) is 3.21. The van der Waals surface area contributed by atoms with Crippen LogP contribution in [0.3, 0.4) is 0 Å². The monoisotopic (exact) mass is 280 g/mol. The molecule has 102 valence electrons. The van der Waals surface area contributed by atoms with Crippen molar-refractivity contribution in [2.24, 2.45) is 0 Å². The maximum atomic E-state index is 12.4. The molecule has 1 aromatic carbocycles. The Morgan fingerprint density at radius 2 is 1.68 bits per heavy atom. The number of anilines is 1. The van der Waals surface area contributed by atoms with Crippen LogP contribution in [0.1, 0.15) is 22.3 Å². The maximum Gasteiger partial charge on any atom is 0.264 e. The number of aromatic amines is 1. The summed E-state index contributed by atoms with van der Waals surface area (Å²) in [5, 5.41) is 6.10. The van der Waals surface area contributed by atoms with Gasteiger partial charge in [0, 0.05) is 0 Å². The molecule has 0 spiro atoms. The molecule has 0 saturated carbocycles. The van der Waals surface area contributed by atoms with Crippen LogP contribution in [0.4, 0.5) is 5.95 Å². The van der Waals surface area contributed by atoms with Crippen LogP contribution in [0.2, 0.25) is 0 Å². The van der Waals surface area contributed by atoms with Crippen LogP contribution < -0.4 is 4.72 Å². The highest BCUT2D eigenvalue weighted by molar-refractivity contribution is 7.92. The molecule has 0 aliphatic rings. The number of benzene rings is 1. The third kappa shape index (κ3) is 2.46. The number of H-pyrrole nitrogens is 1. The smallest absolute Gasteiger partial charge is 0.248 e. The Labute approximate surface area is 112 Å². The molecule has 0 atom stereocenters. The fraction of sp³-hybridized carbons (Fsp3) is 0.333. The molecule has 0 unspecified atom stereocenters. The number of hydrogen-bond donors (Lipinski definition) is 2. The van der Waals surface area contributed by atoms with E-state index in [2.05, 4.69) is 19.9 Å². The van der Waals surface area contributed by atoms with Crippen molar-refractivity contribution in [1.29, 1.82) is 0 Å². The van der Waals surface area contributed by atoms with E-state index < -0.39 is 10.0 Å². The number of sulfonamides is 1. The summed E-state index contributed by atoms with van der Waals surface area (Å²) in [5.41, 5.74) is 3.38. The first-order valence-electron chi connectivity index (χ1n) is 5.78. The minimum Gasteiger partial charge on any atom is -0.248 e. The molecule has 19 heavy (non-hydrogen) atoms. The zero-order chi connectivity index (χ0) is 14.2. The van der Waals surface area contributed by atoms with Gasteiger partial charge in [-0.15, -0.1) is 0 Å². The second-order valence-corrected chi connectivity index (χ2v) is 6.15. The van der Waals surface area contributed by atoms with Crippen LogP contribution in [0, 0.1) is 27.7 Å². The Morgan fingerprint density at radius 1 is 1.11 bits per heavy atom. The first-order valence-corrected chi connectivity index (χ1v) is 7.27. The van der Waals surface area contributed by atoms with Gasteiger partial charge >= 0.3 is 0 Å². The van der Waals surface area contributed by atoms with E-state index in [1.165, 1.54) is 6.33 Å². The summed E-state index contributed by atoms with van der Waals surface area (Å²) >= 11 is 0. The molecule has 2 N–H and O–H groups in total. The van der Waals surface area contributed by atoms with Gasteiger partial charge in [-0.1, -0.05) is 6.07 Å². The van der Waals surface area contributed by atoms with Crippen molar-refractivity contribution in [1.82, 2.24) is 15.2 Å². The largest absolute Gasteiger partial charge is 0.264 e. The van der Waals surface area contributed by atoms with Gasteiger partial charge in [0.2, 0.25) is 5.95 Å². The number of nitrogens with one attached hydrogen (secondary N) is 2. The first-order chi connectivity index (χ1) is 8.83. The Hall–Kier alpha value is -1.89. The van der Waals surface area contributed by atoms with E-state index in [1.807, 2.05) is 19.9 Å². The van der Waals surface area contributed by atoms with Crippen molar-refractivity contribution < 1.29 is 8.42 Å². The molecule has 0 aliphatic heterocycles. The number of nitrogens with zero attached hydrogens (tertiary/aromatic N) is 2. The quantitative estimate of drug-likeness (QED) is 0.898. The van der Waals surface area contributed by atoms with Gasteiger partial charge in [-0.3, -0.25) is 0 Å². The highest BCUT2D eigenvalue weighted by atomic mass is 32.2. The van der Waals surface area contributed by atoms with Crippen molar-refractivity contribution >= 4 is 16.0 Å². The predicted octanol–water partition coefficient (Wildman–Crippen LogP) is 1.84. The van der Waals surface area contributed by atoms with Gasteiger partial charge in [0.1, 0.15) is 6.33 Å². The summed E-state index contributed by atoms with van der Waals surface area (Å²) in [7, 11) is -3.67. The fourth-order valence-electron chi connectivity index (χ4n) is 2.02. The molecule has 7 heteroatoms. The molecule has 0 radical (unpaired) electrons. The van der Waals surface area contributed by atoms with Crippen molar-refractivity contribution in [3.63, 3.8) is 0 Å². The average Bonchev–Trinajstić information content (AvgIpc) is 2.78. The van der Waals surface area contributed by atoms with E-state index in [4.69, 9.17) is 0 Å². The molecule has 6 nitrogen and oxygen atoms in total. The topological polar surface area (TPSA) is 87.7 Å². The second-order valence-electron chi connectivity index (χ2n) is 4.53. The number of aryl methyl sites for hydroxylation is 2. The molecule has 2 rings (SSSR count). The van der Waals surface area contributed by atoms with Gasteiger partial charge < -0.3 is 0 Å². The minimum absolute atomic E-state index is 0.109. The molecule has 0 saturated heterocycles. The lowest BCUT2D eigenvalue weighted by Crippen LogP contribution is -2.17. The summed E-state index contributed by atoms with van der Waals surface area (Å²) in [5.74, 6) is 0.109. The average molecular weight is 280 g/mol. The van der Waals surface area contributed by atoms with E-state index in [9.17, 15) is 8.42 Å². The van der Waals surface area contributed by atoms with Crippen molar-refractivity contribution in [3.8, 4) is 0 Å². The molecule has 0 bridgehead atoms. The Bertz CT molecular complexity index is 680. The normalized spacial score (nSPS) is 11.6. The van der Waals surface area contributed by atoms with Gasteiger partial charge in [0.15, 0.2) is 0 Å². The number of rotatable bonds is 3. The second kappa shape index (κ2) is 4.65. The molecule has 2 aromatic rings. The van der Waals surface area contributed by atoms with Gasteiger partial charge in [-0.2, -0.15) is 10.1 Å². The van der Waals surface area contributed by atoms with E-state index in [0.29, 0.717) is 4.90 Å². The van der Waals surface area contributed by atoms with E-state index in [0.717, 1.165) is 22.3 Å². The molecule has 0 fully saturated rings. The third-order valence-corrected chi connectivity index (χ3v) is 4.82. The molecule has 1 aromatic heterocycles. The molecular formula is C12H16N4O2S. The zero-order valence-electron chi connectivity index (χ0n) is 11.3. The molecule has 0 aliphatic carbocycles. The summed E-state index contributed by atoms with van der Waals surface area (Å²) in [4.78, 5) is 4.08. The van der Waals surface area contributed by atoms with Crippen LogP contribution in [0.15, 0.2) is 17.3 Å². The van der Waals surface area contributed by atoms with Gasteiger partial charge in [-0.05, 0) is 49.9 Å². The summed E-state index contributed by atoms with van der Waals surface area (Å²) < 4.78 is 27.3. The van der Waals surface area contributed by atoms with E-state index in [-0.39, 0.29) is 5.95 Å². The standard InChI is InChI=1S/C12H16N4O2S/c1-7-5-8(2)10(4)11(9(7)3)19(17,18)16-12-13-6-14-15-12/h5-6H,1-4H3,(H2,13,14,15,16). The van der Waals surface area contributed by atoms with E-state index >= 15 is 0 Å². The van der Waals surface area contributed by atoms with Crippen LogP contribution in [0.5, 0.6) is 0 Å². The minimum atomic E-state index is -3.67. The summed E-state index contributed by atoms with van der Waals surface area (Å²) in [6.45, 7) is 7.40. The van der Waals surface area contributed by atoms with E-state index in [1.54, 1.807) is 13.8 Å². The Balaban J connectivity index is 2.58. The molecule has 1 heterocycles. The Kier molecular flexibility index (Phi) is 3.32. The van der Waals surface area contributed by atoms with Crippen LogP contribution in [-0.2, 0) is 10.0 Å². The predicted molar refractivity (Wildman–Crippen MR) is 72.6 cm³/mol. The summed E-state index contributed by atoms with van der Waals surface area (Å²) in [6.07, 6.45) is 1.25. The highest BCUT2D eigenvalue weighted by Crippen LogP contribution is 2.27. The van der Waals surface area contributed by atoms with Gasteiger partial charge in [0.25, 0.3) is 10.0 Å². The lowest BCUT2D eigenvalue weighted by atomic mass is 10.0. The molecular weight excluding hydrogens is 264 g/mol. The van der Waals surface area contributed by atoms with Gasteiger partial charge in [-0.25, -0.2) is 18.2 Å². The lowest BCUT2D eigenvalue weighted by Gasteiger charge is -2.15. The van der Waals surface area contributed by atoms with Crippen LogP contribution in [0.25, 0.3) is 0 Å². The first kappa shape index (κ1) is 13.5.